The van der Waals surface area contributed by atoms with Gasteiger partial charge in [-0.2, -0.15) is 0 Å². The van der Waals surface area contributed by atoms with Crippen LogP contribution in [0.5, 0.6) is 0 Å². The maximum absolute atomic E-state index is 12.5. The van der Waals surface area contributed by atoms with Crippen LogP contribution in [0.25, 0.3) is 0 Å². The van der Waals surface area contributed by atoms with Crippen molar-refractivity contribution in [2.75, 3.05) is 0 Å². The van der Waals surface area contributed by atoms with Gasteiger partial charge >= 0.3 is 0 Å². The number of nitrogens with one attached hydrogen (secondary N) is 2. The Bertz CT molecular complexity index is 569. The van der Waals surface area contributed by atoms with Gasteiger partial charge in [0.05, 0.1) is 0 Å². The smallest absolute Gasteiger partial charge is 0.296 e. The first-order valence-electron chi connectivity index (χ1n) is 7.64. The second-order valence-corrected chi connectivity index (χ2v) is 5.41. The highest BCUT2D eigenvalue weighted by Gasteiger charge is 2.25. The Balaban J connectivity index is 2.10. The third-order valence-electron chi connectivity index (χ3n) is 3.75. The zero-order valence-electron chi connectivity index (χ0n) is 12.8. The summed E-state index contributed by atoms with van der Waals surface area (Å²) in [5.74, 6) is 4.27. The fourth-order valence-electron chi connectivity index (χ4n) is 2.66. The Morgan fingerprint density at radius 2 is 2.09 bits per heavy atom. The minimum Gasteiger partial charge on any atom is -0.351 e. The maximum Gasteiger partial charge on any atom is 0.296 e. The van der Waals surface area contributed by atoms with Gasteiger partial charge in [0.1, 0.15) is 6.04 Å². The van der Waals surface area contributed by atoms with Crippen molar-refractivity contribution in [3.8, 4) is 11.8 Å². The Labute approximate surface area is 130 Å². The molecule has 1 aromatic rings. The van der Waals surface area contributed by atoms with Crippen LogP contribution in [0.4, 0.5) is 0 Å². The predicted octanol–water partition coefficient (Wildman–Crippen LogP) is 1.71. The molecule has 1 saturated carbocycles. The standard InChI is InChI=1S/C17H21N3O2/c1-2-7-15(21)20-16(13-8-6-11-18-12-13)17(22)19-14-9-4-3-5-10-14/h6,8,11-12,14,16H,3-5,9-10H2,1H3,(H,19,22)(H,20,21). The van der Waals surface area contributed by atoms with Crippen molar-refractivity contribution < 1.29 is 9.59 Å². The minimum atomic E-state index is -0.760. The number of hydrogen-bond acceptors (Lipinski definition) is 3. The van der Waals surface area contributed by atoms with E-state index in [-0.39, 0.29) is 11.9 Å². The highest BCUT2D eigenvalue weighted by atomic mass is 16.2. The number of carbonyl (C=O) groups excluding carboxylic acids is 2. The molecule has 1 heterocycles. The lowest BCUT2D eigenvalue weighted by molar-refractivity contribution is -0.127. The van der Waals surface area contributed by atoms with E-state index < -0.39 is 11.9 Å². The van der Waals surface area contributed by atoms with Gasteiger partial charge in [0, 0.05) is 24.0 Å². The molecular weight excluding hydrogens is 278 g/mol. The zero-order valence-corrected chi connectivity index (χ0v) is 12.8. The van der Waals surface area contributed by atoms with Crippen LogP contribution in [0.1, 0.15) is 50.6 Å². The molecule has 0 spiro atoms. The molecular formula is C17H21N3O2. The molecule has 0 aliphatic heterocycles. The van der Waals surface area contributed by atoms with Crippen molar-refractivity contribution in [2.24, 2.45) is 0 Å². The summed E-state index contributed by atoms with van der Waals surface area (Å²) in [5, 5.41) is 5.69. The summed E-state index contributed by atoms with van der Waals surface area (Å²) in [7, 11) is 0. The van der Waals surface area contributed by atoms with Crippen molar-refractivity contribution in [1.29, 1.82) is 0 Å². The Hall–Kier alpha value is -2.35. The molecule has 1 aliphatic carbocycles. The molecule has 2 rings (SSSR count). The SMILES string of the molecule is CC#CC(=O)NC(C(=O)NC1CCCCC1)c1cccnc1. The van der Waals surface area contributed by atoms with E-state index >= 15 is 0 Å². The Morgan fingerprint density at radius 3 is 2.73 bits per heavy atom. The second-order valence-electron chi connectivity index (χ2n) is 5.41. The lowest BCUT2D eigenvalue weighted by Crippen LogP contribution is -2.44. The third-order valence-corrected chi connectivity index (χ3v) is 3.75. The predicted molar refractivity (Wildman–Crippen MR) is 83.6 cm³/mol. The maximum atomic E-state index is 12.5. The molecule has 1 aromatic heterocycles. The molecule has 0 radical (unpaired) electrons. The van der Waals surface area contributed by atoms with Gasteiger partial charge < -0.3 is 10.6 Å². The zero-order chi connectivity index (χ0) is 15.8. The van der Waals surface area contributed by atoms with Gasteiger partial charge in [-0.3, -0.25) is 14.6 Å². The molecule has 116 valence electrons. The normalized spacial score (nSPS) is 16.0. The number of amides is 2. The summed E-state index contributed by atoms with van der Waals surface area (Å²) in [4.78, 5) is 28.3. The molecule has 0 bridgehead atoms. The van der Waals surface area contributed by atoms with Gasteiger partial charge in [0.2, 0.25) is 5.91 Å². The van der Waals surface area contributed by atoms with Crippen molar-refractivity contribution in [3.63, 3.8) is 0 Å². The van der Waals surface area contributed by atoms with E-state index in [4.69, 9.17) is 0 Å². The Kier molecular flexibility index (Phi) is 5.96. The largest absolute Gasteiger partial charge is 0.351 e. The van der Waals surface area contributed by atoms with Crippen LogP contribution in [0.15, 0.2) is 24.5 Å². The lowest BCUT2D eigenvalue weighted by atomic mass is 9.95. The fourth-order valence-corrected chi connectivity index (χ4v) is 2.66. The van der Waals surface area contributed by atoms with Crippen LogP contribution in [0, 0.1) is 11.8 Å². The first-order chi connectivity index (χ1) is 10.7. The lowest BCUT2D eigenvalue weighted by Gasteiger charge is -2.25. The van der Waals surface area contributed by atoms with Gasteiger partial charge in [-0.25, -0.2) is 0 Å². The average molecular weight is 299 g/mol. The molecule has 1 aliphatic rings. The van der Waals surface area contributed by atoms with Crippen LogP contribution < -0.4 is 10.6 Å². The van der Waals surface area contributed by atoms with Gasteiger partial charge in [-0.05, 0) is 31.8 Å². The first-order valence-corrected chi connectivity index (χ1v) is 7.64. The van der Waals surface area contributed by atoms with Crippen molar-refractivity contribution >= 4 is 11.8 Å². The summed E-state index contributed by atoms with van der Waals surface area (Å²) < 4.78 is 0. The number of hydrogen-bond donors (Lipinski definition) is 2. The first kappa shape index (κ1) is 16.0. The van der Waals surface area contributed by atoms with Crippen LogP contribution in [-0.2, 0) is 9.59 Å². The van der Waals surface area contributed by atoms with Crippen molar-refractivity contribution in [2.45, 2.75) is 51.1 Å². The number of rotatable bonds is 4. The molecule has 2 N–H and O–H groups in total. The summed E-state index contributed by atoms with van der Waals surface area (Å²) in [5.41, 5.74) is 0.655. The van der Waals surface area contributed by atoms with Crippen LogP contribution in [0.2, 0.25) is 0 Å². The van der Waals surface area contributed by atoms with E-state index in [2.05, 4.69) is 27.5 Å². The molecule has 5 heteroatoms. The van der Waals surface area contributed by atoms with Crippen molar-refractivity contribution in [3.05, 3.63) is 30.1 Å². The highest BCUT2D eigenvalue weighted by molar-refractivity contribution is 5.97. The molecule has 1 unspecified atom stereocenters. The van der Waals surface area contributed by atoms with Crippen LogP contribution in [-0.4, -0.2) is 22.8 Å². The number of pyridine rings is 1. The molecule has 1 fully saturated rings. The molecule has 2 amide bonds. The third kappa shape index (κ3) is 4.59. The van der Waals surface area contributed by atoms with E-state index in [1.54, 1.807) is 31.5 Å². The van der Waals surface area contributed by atoms with Crippen LogP contribution >= 0.6 is 0 Å². The Morgan fingerprint density at radius 1 is 1.32 bits per heavy atom. The van der Waals surface area contributed by atoms with Gasteiger partial charge in [0.25, 0.3) is 5.91 Å². The fraction of sp³-hybridized carbons (Fsp3) is 0.471. The van der Waals surface area contributed by atoms with E-state index in [0.29, 0.717) is 5.56 Å². The van der Waals surface area contributed by atoms with Gasteiger partial charge in [-0.1, -0.05) is 31.2 Å². The monoisotopic (exact) mass is 299 g/mol. The minimum absolute atomic E-state index is 0.189. The topological polar surface area (TPSA) is 71.1 Å². The van der Waals surface area contributed by atoms with E-state index in [0.717, 1.165) is 25.7 Å². The van der Waals surface area contributed by atoms with Gasteiger partial charge in [0.15, 0.2) is 0 Å². The summed E-state index contributed by atoms with van der Waals surface area (Å²) in [6, 6.07) is 2.95. The second kappa shape index (κ2) is 8.18. The number of nitrogens with zero attached hydrogens (tertiary/aromatic N) is 1. The summed E-state index contributed by atoms with van der Waals surface area (Å²) >= 11 is 0. The highest BCUT2D eigenvalue weighted by Crippen LogP contribution is 2.19. The quantitative estimate of drug-likeness (QED) is 0.832. The molecule has 0 saturated heterocycles. The molecule has 22 heavy (non-hydrogen) atoms. The number of carbonyl (C=O) groups is 2. The molecule has 0 aromatic carbocycles. The summed E-state index contributed by atoms with van der Waals surface area (Å²) in [6.45, 7) is 1.58. The van der Waals surface area contributed by atoms with Crippen LogP contribution in [0.3, 0.4) is 0 Å². The van der Waals surface area contributed by atoms with E-state index in [9.17, 15) is 9.59 Å². The molecule has 5 nitrogen and oxygen atoms in total. The van der Waals surface area contributed by atoms with E-state index in [1.165, 1.54) is 6.42 Å². The average Bonchev–Trinajstić information content (AvgIpc) is 2.54. The van der Waals surface area contributed by atoms with E-state index in [1.807, 2.05) is 0 Å². The summed E-state index contributed by atoms with van der Waals surface area (Å²) in [6.07, 6.45) is 8.70. The molecule has 1 atom stereocenters. The van der Waals surface area contributed by atoms with Crippen molar-refractivity contribution in [1.82, 2.24) is 15.6 Å². The van der Waals surface area contributed by atoms with Gasteiger partial charge in [-0.15, -0.1) is 0 Å². The number of aromatic nitrogens is 1.